The first kappa shape index (κ1) is 17.1. The van der Waals surface area contributed by atoms with Gasteiger partial charge in [-0.15, -0.1) is 0 Å². The number of sulfonamides is 1. The molecule has 9 nitrogen and oxygen atoms in total. The van der Waals surface area contributed by atoms with Gasteiger partial charge in [-0.25, -0.2) is 17.6 Å². The molecule has 1 heterocycles. The lowest BCUT2D eigenvalue weighted by molar-refractivity contribution is -0.385. The highest BCUT2D eigenvalue weighted by molar-refractivity contribution is 7.89. The molecule has 1 amide bonds. The molecular weight excluding hydrogens is 333 g/mol. The number of amides is 1. The van der Waals surface area contributed by atoms with Crippen molar-refractivity contribution in [1.29, 1.82) is 0 Å². The van der Waals surface area contributed by atoms with Crippen LogP contribution in [0.3, 0.4) is 0 Å². The maximum absolute atomic E-state index is 14.0. The van der Waals surface area contributed by atoms with E-state index in [4.69, 9.17) is 5.11 Å². The van der Waals surface area contributed by atoms with Gasteiger partial charge in [0.15, 0.2) is 0 Å². The molecule has 1 N–H and O–H groups in total. The molecule has 1 aliphatic heterocycles. The molecule has 1 saturated heterocycles. The molecule has 0 aliphatic carbocycles. The van der Waals surface area contributed by atoms with Gasteiger partial charge in [-0.2, -0.15) is 4.31 Å². The standard InChI is InChI=1S/C12H14FN3O6S/c1-8-6-9(13)11(7-10(8)16(19)20)23(21,22)15-4-2-14(3-5-15)12(17)18/h6-7H,2-5H2,1H3,(H,17,18). The number of carboxylic acid groups (broad SMARTS) is 1. The Balaban J connectivity index is 2.36. The summed E-state index contributed by atoms with van der Waals surface area (Å²) in [5.74, 6) is -1.08. The van der Waals surface area contributed by atoms with Crippen molar-refractivity contribution in [3.8, 4) is 0 Å². The van der Waals surface area contributed by atoms with Crippen LogP contribution in [0.1, 0.15) is 5.56 Å². The summed E-state index contributed by atoms with van der Waals surface area (Å²) in [5.41, 5.74) is -0.476. The Hall–Kier alpha value is -2.27. The van der Waals surface area contributed by atoms with Crippen LogP contribution in [0.2, 0.25) is 0 Å². The van der Waals surface area contributed by atoms with E-state index in [2.05, 4.69) is 0 Å². The molecule has 0 saturated carbocycles. The summed E-state index contributed by atoms with van der Waals surface area (Å²) in [6.45, 7) is 0.920. The summed E-state index contributed by atoms with van der Waals surface area (Å²) in [4.78, 5) is 21.2. The van der Waals surface area contributed by atoms with E-state index >= 15 is 0 Å². The van der Waals surface area contributed by atoms with Gasteiger partial charge in [-0.1, -0.05) is 0 Å². The maximum atomic E-state index is 14.0. The molecule has 1 aliphatic rings. The molecule has 126 valence electrons. The minimum atomic E-state index is -4.28. The Kier molecular flexibility index (Phi) is 4.52. The van der Waals surface area contributed by atoms with Crippen LogP contribution in [0, 0.1) is 22.9 Å². The number of halogens is 1. The third kappa shape index (κ3) is 3.24. The smallest absolute Gasteiger partial charge is 0.407 e. The van der Waals surface area contributed by atoms with Crippen molar-refractivity contribution >= 4 is 21.8 Å². The first-order valence-electron chi connectivity index (χ1n) is 6.57. The molecule has 0 radical (unpaired) electrons. The SMILES string of the molecule is Cc1cc(F)c(S(=O)(=O)N2CCN(C(=O)O)CC2)cc1[N+](=O)[O-]. The predicted octanol–water partition coefficient (Wildman–Crippen LogP) is 1.03. The number of nitro groups is 1. The van der Waals surface area contributed by atoms with Crippen LogP contribution >= 0.6 is 0 Å². The molecule has 0 aromatic heterocycles. The highest BCUT2D eigenvalue weighted by Crippen LogP contribution is 2.28. The van der Waals surface area contributed by atoms with E-state index in [0.717, 1.165) is 15.3 Å². The Morgan fingerprint density at radius 2 is 1.87 bits per heavy atom. The van der Waals surface area contributed by atoms with Gasteiger partial charge < -0.3 is 10.0 Å². The number of piperazine rings is 1. The normalized spacial score (nSPS) is 16.3. The fourth-order valence-corrected chi connectivity index (χ4v) is 3.78. The largest absolute Gasteiger partial charge is 0.465 e. The van der Waals surface area contributed by atoms with Crippen LogP contribution in [0.25, 0.3) is 0 Å². The minimum Gasteiger partial charge on any atom is -0.465 e. The zero-order chi connectivity index (χ0) is 17.4. The summed E-state index contributed by atoms with van der Waals surface area (Å²) in [7, 11) is -4.28. The topological polar surface area (TPSA) is 121 Å². The van der Waals surface area contributed by atoms with Crippen LogP contribution in [-0.4, -0.2) is 59.9 Å². The third-order valence-electron chi connectivity index (χ3n) is 3.57. The van der Waals surface area contributed by atoms with Gasteiger partial charge in [-0.3, -0.25) is 10.1 Å². The number of benzene rings is 1. The Bertz CT molecular complexity index is 758. The molecule has 0 spiro atoms. The van der Waals surface area contributed by atoms with Crippen molar-refractivity contribution in [1.82, 2.24) is 9.21 Å². The number of aryl methyl sites for hydroxylation is 1. The molecule has 1 fully saturated rings. The number of nitro benzene ring substituents is 1. The van der Waals surface area contributed by atoms with Gasteiger partial charge in [0.05, 0.1) is 4.92 Å². The number of carbonyl (C=O) groups is 1. The molecule has 1 aromatic rings. The van der Waals surface area contributed by atoms with Crippen LogP contribution in [-0.2, 0) is 10.0 Å². The zero-order valence-corrected chi connectivity index (χ0v) is 12.9. The number of hydrogen-bond donors (Lipinski definition) is 1. The average Bonchev–Trinajstić information content (AvgIpc) is 2.46. The first-order valence-corrected chi connectivity index (χ1v) is 8.01. The van der Waals surface area contributed by atoms with Crippen molar-refractivity contribution in [2.45, 2.75) is 11.8 Å². The number of rotatable bonds is 3. The third-order valence-corrected chi connectivity index (χ3v) is 5.49. The molecule has 23 heavy (non-hydrogen) atoms. The molecular formula is C12H14FN3O6S. The summed E-state index contributed by atoms with van der Waals surface area (Å²) in [5, 5.41) is 19.7. The fourth-order valence-electron chi connectivity index (χ4n) is 2.30. The fraction of sp³-hybridized carbons (Fsp3) is 0.417. The summed E-state index contributed by atoms with van der Waals surface area (Å²) in [6, 6.07) is 1.50. The Morgan fingerprint density at radius 1 is 1.30 bits per heavy atom. The second-order valence-electron chi connectivity index (χ2n) is 5.00. The Labute approximate surface area is 131 Å². The lowest BCUT2D eigenvalue weighted by atomic mass is 10.2. The molecule has 1 aromatic carbocycles. The number of nitrogens with zero attached hydrogens (tertiary/aromatic N) is 3. The van der Waals surface area contributed by atoms with Crippen LogP contribution in [0.4, 0.5) is 14.9 Å². The Morgan fingerprint density at radius 3 is 2.35 bits per heavy atom. The van der Waals surface area contributed by atoms with Crippen molar-refractivity contribution < 1.29 is 27.6 Å². The van der Waals surface area contributed by atoms with E-state index in [-0.39, 0.29) is 31.7 Å². The van der Waals surface area contributed by atoms with Gasteiger partial charge in [-0.05, 0) is 13.0 Å². The number of hydrogen-bond acceptors (Lipinski definition) is 5. The van der Waals surface area contributed by atoms with E-state index in [1.165, 1.54) is 6.92 Å². The van der Waals surface area contributed by atoms with Gasteiger partial charge in [0.1, 0.15) is 10.7 Å². The van der Waals surface area contributed by atoms with E-state index in [0.29, 0.717) is 6.07 Å². The van der Waals surface area contributed by atoms with Gasteiger partial charge in [0.2, 0.25) is 10.0 Å². The van der Waals surface area contributed by atoms with Crippen LogP contribution in [0.15, 0.2) is 17.0 Å². The second kappa shape index (κ2) is 6.08. The average molecular weight is 347 g/mol. The summed E-state index contributed by atoms with van der Waals surface area (Å²) < 4.78 is 39.9. The van der Waals surface area contributed by atoms with Crippen LogP contribution in [0.5, 0.6) is 0 Å². The van der Waals surface area contributed by atoms with Crippen LogP contribution < -0.4 is 0 Å². The second-order valence-corrected chi connectivity index (χ2v) is 6.91. The van der Waals surface area contributed by atoms with Crippen molar-refractivity contribution in [3.05, 3.63) is 33.6 Å². The maximum Gasteiger partial charge on any atom is 0.407 e. The molecule has 0 atom stereocenters. The molecule has 0 bridgehead atoms. The van der Waals surface area contributed by atoms with Crippen molar-refractivity contribution in [2.24, 2.45) is 0 Å². The van der Waals surface area contributed by atoms with E-state index in [1.54, 1.807) is 0 Å². The molecule has 2 rings (SSSR count). The van der Waals surface area contributed by atoms with E-state index in [9.17, 15) is 27.7 Å². The highest BCUT2D eigenvalue weighted by atomic mass is 32.2. The van der Waals surface area contributed by atoms with E-state index in [1.807, 2.05) is 0 Å². The van der Waals surface area contributed by atoms with Gasteiger partial charge >= 0.3 is 6.09 Å². The summed E-state index contributed by atoms with van der Waals surface area (Å²) >= 11 is 0. The molecule has 11 heteroatoms. The van der Waals surface area contributed by atoms with E-state index < -0.39 is 37.4 Å². The van der Waals surface area contributed by atoms with Gasteiger partial charge in [0, 0.05) is 37.8 Å². The zero-order valence-electron chi connectivity index (χ0n) is 12.1. The minimum absolute atomic E-state index is 0.0159. The molecule has 0 unspecified atom stereocenters. The lowest BCUT2D eigenvalue weighted by Crippen LogP contribution is -2.50. The quantitative estimate of drug-likeness (QED) is 0.644. The first-order chi connectivity index (χ1) is 10.6. The monoisotopic (exact) mass is 347 g/mol. The highest BCUT2D eigenvalue weighted by Gasteiger charge is 2.33. The van der Waals surface area contributed by atoms with Crippen molar-refractivity contribution in [3.63, 3.8) is 0 Å². The lowest BCUT2D eigenvalue weighted by Gasteiger charge is -2.32. The van der Waals surface area contributed by atoms with Crippen molar-refractivity contribution in [2.75, 3.05) is 26.2 Å². The summed E-state index contributed by atoms with van der Waals surface area (Å²) in [6.07, 6.45) is -1.17. The predicted molar refractivity (Wildman–Crippen MR) is 76.1 cm³/mol. The van der Waals surface area contributed by atoms with Gasteiger partial charge in [0.25, 0.3) is 5.69 Å².